The third-order valence-corrected chi connectivity index (χ3v) is 5.33. The summed E-state index contributed by atoms with van der Waals surface area (Å²) in [6, 6.07) is 2.49. The van der Waals surface area contributed by atoms with Crippen molar-refractivity contribution in [2.24, 2.45) is 0 Å². The van der Waals surface area contributed by atoms with E-state index < -0.39 is 10.0 Å². The Bertz CT molecular complexity index is 561. The fraction of sp³-hybridized carbons (Fsp3) is 0.583. The van der Waals surface area contributed by atoms with Crippen LogP contribution in [-0.4, -0.2) is 42.0 Å². The molecule has 0 amide bonds. The maximum atomic E-state index is 12.5. The van der Waals surface area contributed by atoms with Gasteiger partial charge in [0, 0.05) is 31.5 Å². The van der Waals surface area contributed by atoms with Crippen LogP contribution in [0.3, 0.4) is 0 Å². The monoisotopic (exact) mass is 286 g/mol. The summed E-state index contributed by atoms with van der Waals surface area (Å²) in [5.74, 6) is 0. The van der Waals surface area contributed by atoms with Gasteiger partial charge in [-0.25, -0.2) is 8.42 Å². The smallest absolute Gasteiger partial charge is 0.247 e. The summed E-state index contributed by atoms with van der Waals surface area (Å²) < 4.78 is 26.4. The Balaban J connectivity index is 2.23. The van der Waals surface area contributed by atoms with E-state index in [-0.39, 0.29) is 23.1 Å². The summed E-state index contributed by atoms with van der Waals surface area (Å²) in [6.07, 6.45) is 4.15. The molecular formula is C12H18N2O4S. The molecule has 1 atom stereocenters. The molecule has 1 unspecified atom stereocenters. The van der Waals surface area contributed by atoms with Crippen molar-refractivity contribution in [3.05, 3.63) is 28.7 Å². The molecule has 0 saturated carbocycles. The van der Waals surface area contributed by atoms with Crippen LogP contribution in [0.1, 0.15) is 25.7 Å². The second kappa shape index (κ2) is 5.85. The number of hydrogen-bond acceptors (Lipinski definition) is 4. The first kappa shape index (κ1) is 14.2. The number of pyridine rings is 1. The van der Waals surface area contributed by atoms with Crippen LogP contribution in [0.4, 0.5) is 0 Å². The standard InChI is InChI=1S/C12H18N2O4S/c15-8-2-4-10-3-1-7-14(10)19(17,18)11-5-6-12(16)13-9-11/h5-6,9-10,15H,1-4,7-8H2,(H,13,16). The van der Waals surface area contributed by atoms with Gasteiger partial charge in [0.1, 0.15) is 0 Å². The molecule has 2 N–H and O–H groups in total. The molecule has 6 nitrogen and oxygen atoms in total. The van der Waals surface area contributed by atoms with Crippen molar-refractivity contribution in [2.75, 3.05) is 13.2 Å². The van der Waals surface area contributed by atoms with Gasteiger partial charge >= 0.3 is 0 Å². The van der Waals surface area contributed by atoms with Gasteiger partial charge in [-0.1, -0.05) is 0 Å². The molecule has 0 aliphatic carbocycles. The molecule has 1 aromatic heterocycles. The van der Waals surface area contributed by atoms with Gasteiger partial charge in [0.25, 0.3) is 0 Å². The van der Waals surface area contributed by atoms with E-state index in [0.29, 0.717) is 19.4 Å². The van der Waals surface area contributed by atoms with E-state index in [0.717, 1.165) is 12.8 Å². The van der Waals surface area contributed by atoms with Crippen LogP contribution >= 0.6 is 0 Å². The van der Waals surface area contributed by atoms with Gasteiger partial charge < -0.3 is 10.1 Å². The van der Waals surface area contributed by atoms with Gasteiger partial charge in [-0.05, 0) is 31.7 Å². The third-order valence-electron chi connectivity index (χ3n) is 3.38. The number of nitrogens with zero attached hydrogens (tertiary/aromatic N) is 1. The van der Waals surface area contributed by atoms with Gasteiger partial charge in [-0.2, -0.15) is 4.31 Å². The number of aliphatic hydroxyl groups is 1. The molecule has 0 spiro atoms. The lowest BCUT2D eigenvalue weighted by molar-refractivity contribution is 0.264. The highest BCUT2D eigenvalue weighted by Crippen LogP contribution is 2.27. The molecule has 2 heterocycles. The highest BCUT2D eigenvalue weighted by atomic mass is 32.2. The molecule has 1 aliphatic heterocycles. The van der Waals surface area contributed by atoms with Crippen molar-refractivity contribution >= 4 is 10.0 Å². The second-order valence-corrected chi connectivity index (χ2v) is 6.56. The van der Waals surface area contributed by atoms with Gasteiger partial charge in [0.2, 0.25) is 15.6 Å². The van der Waals surface area contributed by atoms with Crippen molar-refractivity contribution < 1.29 is 13.5 Å². The van der Waals surface area contributed by atoms with Crippen LogP contribution in [-0.2, 0) is 10.0 Å². The zero-order valence-electron chi connectivity index (χ0n) is 10.6. The molecule has 106 valence electrons. The number of aliphatic hydroxyl groups excluding tert-OH is 1. The van der Waals surface area contributed by atoms with Crippen LogP contribution in [0, 0.1) is 0 Å². The molecule has 1 saturated heterocycles. The van der Waals surface area contributed by atoms with Crippen molar-refractivity contribution in [1.82, 2.24) is 9.29 Å². The summed E-state index contributed by atoms with van der Waals surface area (Å²) in [5.41, 5.74) is -0.322. The number of H-pyrrole nitrogens is 1. The van der Waals surface area contributed by atoms with E-state index in [1.807, 2.05) is 0 Å². The van der Waals surface area contributed by atoms with E-state index >= 15 is 0 Å². The number of hydrogen-bond donors (Lipinski definition) is 2. The van der Waals surface area contributed by atoms with E-state index in [2.05, 4.69) is 4.98 Å². The van der Waals surface area contributed by atoms with Crippen molar-refractivity contribution in [2.45, 2.75) is 36.6 Å². The number of nitrogens with one attached hydrogen (secondary N) is 1. The third kappa shape index (κ3) is 3.05. The van der Waals surface area contributed by atoms with Crippen molar-refractivity contribution in [1.29, 1.82) is 0 Å². The number of sulfonamides is 1. The Hall–Kier alpha value is -1.18. The lowest BCUT2D eigenvalue weighted by Crippen LogP contribution is -2.35. The fourth-order valence-electron chi connectivity index (χ4n) is 2.43. The minimum Gasteiger partial charge on any atom is -0.396 e. The SMILES string of the molecule is O=c1ccc(S(=O)(=O)N2CCCC2CCCO)c[nH]1. The molecule has 1 aromatic rings. The van der Waals surface area contributed by atoms with Crippen molar-refractivity contribution in [3.63, 3.8) is 0 Å². The van der Waals surface area contributed by atoms with Gasteiger partial charge in [0.05, 0.1) is 4.90 Å². The zero-order valence-corrected chi connectivity index (χ0v) is 11.4. The average Bonchev–Trinajstić information content (AvgIpc) is 2.86. The number of rotatable bonds is 5. The first-order valence-corrected chi connectivity index (χ1v) is 7.81. The predicted octanol–water partition coefficient (Wildman–Crippen LogP) is 0.300. The molecule has 1 fully saturated rings. The number of aromatic amines is 1. The Morgan fingerprint density at radius 2 is 2.21 bits per heavy atom. The Kier molecular flexibility index (Phi) is 4.38. The second-order valence-electron chi connectivity index (χ2n) is 4.67. The van der Waals surface area contributed by atoms with E-state index in [4.69, 9.17) is 5.11 Å². The summed E-state index contributed by atoms with van der Waals surface area (Å²) in [6.45, 7) is 0.570. The van der Waals surface area contributed by atoms with E-state index in [9.17, 15) is 13.2 Å². The minimum absolute atomic E-state index is 0.0518. The average molecular weight is 286 g/mol. The molecule has 0 aromatic carbocycles. The molecule has 2 rings (SSSR count). The molecular weight excluding hydrogens is 268 g/mol. The Labute approximate surface area is 112 Å². The highest BCUT2D eigenvalue weighted by Gasteiger charge is 2.34. The summed E-state index contributed by atoms with van der Waals surface area (Å²) >= 11 is 0. The summed E-state index contributed by atoms with van der Waals surface area (Å²) in [4.78, 5) is 13.5. The van der Waals surface area contributed by atoms with Crippen LogP contribution in [0.5, 0.6) is 0 Å². The van der Waals surface area contributed by atoms with Crippen LogP contribution in [0.2, 0.25) is 0 Å². The van der Waals surface area contributed by atoms with Crippen LogP contribution in [0.15, 0.2) is 28.0 Å². The fourth-order valence-corrected chi connectivity index (χ4v) is 4.12. The van der Waals surface area contributed by atoms with E-state index in [1.165, 1.54) is 22.6 Å². The topological polar surface area (TPSA) is 90.5 Å². The molecule has 0 radical (unpaired) electrons. The molecule has 19 heavy (non-hydrogen) atoms. The summed E-state index contributed by atoms with van der Waals surface area (Å²) in [7, 11) is -3.55. The molecule has 7 heteroatoms. The van der Waals surface area contributed by atoms with E-state index in [1.54, 1.807) is 0 Å². The Morgan fingerprint density at radius 1 is 1.42 bits per heavy atom. The normalized spacial score (nSPS) is 20.8. The first-order chi connectivity index (χ1) is 9.05. The van der Waals surface area contributed by atoms with Gasteiger partial charge in [0.15, 0.2) is 0 Å². The summed E-state index contributed by atoms with van der Waals surface area (Å²) in [5, 5.41) is 8.86. The minimum atomic E-state index is -3.55. The largest absolute Gasteiger partial charge is 0.396 e. The van der Waals surface area contributed by atoms with Crippen LogP contribution in [0.25, 0.3) is 0 Å². The number of aromatic nitrogens is 1. The first-order valence-electron chi connectivity index (χ1n) is 6.37. The molecule has 1 aliphatic rings. The quantitative estimate of drug-likeness (QED) is 0.814. The van der Waals surface area contributed by atoms with Crippen molar-refractivity contribution in [3.8, 4) is 0 Å². The molecule has 0 bridgehead atoms. The maximum Gasteiger partial charge on any atom is 0.247 e. The highest BCUT2D eigenvalue weighted by molar-refractivity contribution is 7.89. The lowest BCUT2D eigenvalue weighted by Gasteiger charge is -2.23. The van der Waals surface area contributed by atoms with Crippen LogP contribution < -0.4 is 5.56 Å². The van der Waals surface area contributed by atoms with Gasteiger partial charge in [-0.15, -0.1) is 0 Å². The Morgan fingerprint density at radius 3 is 2.84 bits per heavy atom. The van der Waals surface area contributed by atoms with Gasteiger partial charge in [-0.3, -0.25) is 4.79 Å². The lowest BCUT2D eigenvalue weighted by atomic mass is 10.1. The predicted molar refractivity (Wildman–Crippen MR) is 70.3 cm³/mol. The zero-order chi connectivity index (χ0) is 13.9. The maximum absolute atomic E-state index is 12.5.